The maximum Gasteiger partial charge on any atom is 0.389 e. The van der Waals surface area contributed by atoms with E-state index in [2.05, 4.69) is 0 Å². The summed E-state index contributed by atoms with van der Waals surface area (Å²) < 4.78 is 49.0. The highest BCUT2D eigenvalue weighted by molar-refractivity contribution is 5.25. The minimum absolute atomic E-state index is 0.0415. The minimum Gasteiger partial charge on any atom is -0.324 e. The van der Waals surface area contributed by atoms with Crippen LogP contribution in [-0.4, -0.2) is 6.18 Å². The van der Waals surface area contributed by atoms with Gasteiger partial charge in [-0.25, -0.2) is 4.39 Å². The van der Waals surface area contributed by atoms with E-state index in [1.165, 1.54) is 6.07 Å². The molecule has 0 spiro atoms. The Balaban J connectivity index is 2.52. The van der Waals surface area contributed by atoms with Crippen molar-refractivity contribution in [2.45, 2.75) is 38.4 Å². The van der Waals surface area contributed by atoms with Crippen molar-refractivity contribution in [2.24, 2.45) is 5.73 Å². The summed E-state index contributed by atoms with van der Waals surface area (Å²) in [6, 6.07) is 3.96. The maximum absolute atomic E-state index is 13.2. The first-order valence-corrected chi connectivity index (χ1v) is 5.38. The van der Waals surface area contributed by atoms with E-state index < -0.39 is 18.6 Å². The van der Waals surface area contributed by atoms with Crippen molar-refractivity contribution < 1.29 is 17.6 Å². The van der Waals surface area contributed by atoms with Crippen LogP contribution in [0.5, 0.6) is 0 Å². The summed E-state index contributed by atoms with van der Waals surface area (Å²) in [6.07, 6.45) is -4.85. The van der Waals surface area contributed by atoms with Crippen LogP contribution in [0.25, 0.3) is 0 Å². The molecule has 1 atom stereocenters. The van der Waals surface area contributed by atoms with Gasteiger partial charge in [-0.1, -0.05) is 12.1 Å². The van der Waals surface area contributed by atoms with Gasteiger partial charge in [0.1, 0.15) is 5.82 Å². The van der Waals surface area contributed by atoms with E-state index in [0.29, 0.717) is 11.1 Å². The number of halogens is 4. The molecule has 0 heterocycles. The number of aryl methyl sites for hydroxylation is 1. The average Bonchev–Trinajstić information content (AvgIpc) is 2.20. The van der Waals surface area contributed by atoms with Crippen LogP contribution in [0.1, 0.15) is 36.4 Å². The van der Waals surface area contributed by atoms with Gasteiger partial charge in [0.15, 0.2) is 0 Å². The van der Waals surface area contributed by atoms with Crippen LogP contribution in [0.2, 0.25) is 0 Å². The van der Waals surface area contributed by atoms with Gasteiger partial charge in [-0.2, -0.15) is 13.2 Å². The van der Waals surface area contributed by atoms with E-state index in [4.69, 9.17) is 5.73 Å². The summed E-state index contributed by atoms with van der Waals surface area (Å²) >= 11 is 0. The Hall–Kier alpha value is -1.10. The predicted molar refractivity (Wildman–Crippen MR) is 58.0 cm³/mol. The number of benzene rings is 1. The Bertz CT molecular complexity index is 373. The first-order valence-electron chi connectivity index (χ1n) is 5.38. The third-order valence-corrected chi connectivity index (χ3v) is 2.60. The van der Waals surface area contributed by atoms with E-state index in [9.17, 15) is 17.6 Å². The molecule has 0 aromatic heterocycles. The SMILES string of the molecule is Cc1ccc(C(N)CCCC(F)(F)F)cc1F. The van der Waals surface area contributed by atoms with Gasteiger partial charge < -0.3 is 5.73 Å². The molecule has 0 aliphatic rings. The molecule has 0 fully saturated rings. The Labute approximate surface area is 97.6 Å². The molecule has 0 saturated carbocycles. The molecule has 2 N–H and O–H groups in total. The van der Waals surface area contributed by atoms with Gasteiger partial charge in [-0.3, -0.25) is 0 Å². The lowest BCUT2D eigenvalue weighted by Crippen LogP contribution is -2.13. The number of nitrogens with two attached hydrogens (primary N) is 1. The smallest absolute Gasteiger partial charge is 0.324 e. The molecule has 1 rings (SSSR count). The fourth-order valence-electron chi connectivity index (χ4n) is 1.53. The van der Waals surface area contributed by atoms with Crippen molar-refractivity contribution in [3.8, 4) is 0 Å². The topological polar surface area (TPSA) is 26.0 Å². The lowest BCUT2D eigenvalue weighted by molar-refractivity contribution is -0.135. The quantitative estimate of drug-likeness (QED) is 0.805. The second-order valence-electron chi connectivity index (χ2n) is 4.12. The monoisotopic (exact) mass is 249 g/mol. The number of rotatable bonds is 4. The zero-order chi connectivity index (χ0) is 13.1. The Morgan fingerprint density at radius 1 is 1.29 bits per heavy atom. The van der Waals surface area contributed by atoms with Crippen LogP contribution in [0.3, 0.4) is 0 Å². The van der Waals surface area contributed by atoms with E-state index in [1.807, 2.05) is 0 Å². The minimum atomic E-state index is -4.15. The van der Waals surface area contributed by atoms with Crippen molar-refractivity contribution >= 4 is 0 Å². The molecule has 0 aliphatic carbocycles. The molecule has 96 valence electrons. The molecular weight excluding hydrogens is 234 g/mol. The maximum atomic E-state index is 13.2. The molecule has 1 aromatic rings. The zero-order valence-electron chi connectivity index (χ0n) is 9.52. The summed E-state index contributed by atoms with van der Waals surface area (Å²) in [5, 5.41) is 0. The number of alkyl halides is 3. The molecule has 0 amide bonds. The van der Waals surface area contributed by atoms with Crippen molar-refractivity contribution in [2.75, 3.05) is 0 Å². The van der Waals surface area contributed by atoms with Crippen LogP contribution < -0.4 is 5.73 Å². The van der Waals surface area contributed by atoms with Crippen molar-refractivity contribution in [1.82, 2.24) is 0 Å². The predicted octanol–water partition coefficient (Wildman–Crippen LogP) is 3.87. The first kappa shape index (κ1) is 14.0. The second kappa shape index (κ2) is 5.49. The van der Waals surface area contributed by atoms with Gasteiger partial charge in [0.2, 0.25) is 0 Å². The van der Waals surface area contributed by atoms with Crippen molar-refractivity contribution in [1.29, 1.82) is 0 Å². The van der Waals surface area contributed by atoms with E-state index in [1.54, 1.807) is 19.1 Å². The molecule has 0 saturated heterocycles. The molecule has 0 radical (unpaired) electrons. The number of hydrogen-bond acceptors (Lipinski definition) is 1. The molecule has 5 heteroatoms. The molecule has 1 aromatic carbocycles. The van der Waals surface area contributed by atoms with Gasteiger partial charge in [-0.05, 0) is 37.0 Å². The van der Waals surface area contributed by atoms with Crippen LogP contribution in [-0.2, 0) is 0 Å². The molecule has 0 aliphatic heterocycles. The van der Waals surface area contributed by atoms with Gasteiger partial charge in [0.25, 0.3) is 0 Å². The normalized spacial score (nSPS) is 13.8. The number of hydrogen-bond donors (Lipinski definition) is 1. The van der Waals surface area contributed by atoms with Crippen LogP contribution >= 0.6 is 0 Å². The highest BCUT2D eigenvalue weighted by Crippen LogP contribution is 2.25. The Morgan fingerprint density at radius 3 is 2.47 bits per heavy atom. The van der Waals surface area contributed by atoms with Crippen LogP contribution in [0.4, 0.5) is 17.6 Å². The molecule has 17 heavy (non-hydrogen) atoms. The van der Waals surface area contributed by atoms with Crippen molar-refractivity contribution in [3.63, 3.8) is 0 Å². The molecule has 1 nitrogen and oxygen atoms in total. The zero-order valence-corrected chi connectivity index (χ0v) is 9.52. The Kier molecular flexibility index (Phi) is 4.51. The first-order chi connectivity index (χ1) is 7.79. The summed E-state index contributed by atoms with van der Waals surface area (Å²) in [5.41, 5.74) is 6.74. The lowest BCUT2D eigenvalue weighted by Gasteiger charge is -2.13. The van der Waals surface area contributed by atoms with Gasteiger partial charge in [0, 0.05) is 12.5 Å². The summed E-state index contributed by atoms with van der Waals surface area (Å²) in [7, 11) is 0. The standard InChI is InChI=1S/C12H15F4N/c1-8-4-5-9(7-10(8)13)11(17)3-2-6-12(14,15)16/h4-5,7,11H,2-3,6,17H2,1H3. The third kappa shape index (κ3) is 4.73. The lowest BCUT2D eigenvalue weighted by atomic mass is 10.0. The van der Waals surface area contributed by atoms with E-state index in [0.717, 1.165) is 0 Å². The van der Waals surface area contributed by atoms with E-state index in [-0.39, 0.29) is 18.7 Å². The largest absolute Gasteiger partial charge is 0.389 e. The fourth-order valence-corrected chi connectivity index (χ4v) is 1.53. The highest BCUT2D eigenvalue weighted by Gasteiger charge is 2.26. The summed E-state index contributed by atoms with van der Waals surface area (Å²) in [5.74, 6) is -0.381. The second-order valence-corrected chi connectivity index (χ2v) is 4.12. The third-order valence-electron chi connectivity index (χ3n) is 2.60. The summed E-state index contributed by atoms with van der Waals surface area (Å²) in [6.45, 7) is 1.62. The highest BCUT2D eigenvalue weighted by atomic mass is 19.4. The van der Waals surface area contributed by atoms with E-state index >= 15 is 0 Å². The fraction of sp³-hybridized carbons (Fsp3) is 0.500. The summed E-state index contributed by atoms with van der Waals surface area (Å²) in [4.78, 5) is 0. The van der Waals surface area contributed by atoms with Gasteiger partial charge in [-0.15, -0.1) is 0 Å². The van der Waals surface area contributed by atoms with Crippen LogP contribution in [0.15, 0.2) is 18.2 Å². The molecule has 0 bridgehead atoms. The molecular formula is C12H15F4N. The van der Waals surface area contributed by atoms with Gasteiger partial charge >= 0.3 is 6.18 Å². The Morgan fingerprint density at radius 2 is 1.94 bits per heavy atom. The van der Waals surface area contributed by atoms with Crippen molar-refractivity contribution in [3.05, 3.63) is 35.1 Å². The molecule has 1 unspecified atom stereocenters. The van der Waals surface area contributed by atoms with Crippen LogP contribution in [0, 0.1) is 12.7 Å². The average molecular weight is 249 g/mol. The van der Waals surface area contributed by atoms with Gasteiger partial charge in [0.05, 0.1) is 0 Å².